The Bertz CT molecular complexity index is 791. The second-order valence-corrected chi connectivity index (χ2v) is 5.25. The summed E-state index contributed by atoms with van der Waals surface area (Å²) < 4.78 is 2.26. The van der Waals surface area contributed by atoms with Crippen LogP contribution in [0, 0.1) is 0 Å². The molecule has 0 saturated heterocycles. The standard InChI is InChI=1S/C17H16N4/c1-18-17-12(5-4-8-20-17)9-15-13-6-2-3-7-14(13)16-10-19-11-21(15)16/h2-8,10-11,15H,9H2,1H3,(H,18,20)/t15-/m0/s1. The first kappa shape index (κ1) is 12.1. The highest BCUT2D eigenvalue weighted by Crippen LogP contribution is 2.40. The highest BCUT2D eigenvalue weighted by atomic mass is 15.1. The van der Waals surface area contributed by atoms with E-state index >= 15 is 0 Å². The Balaban J connectivity index is 1.79. The minimum absolute atomic E-state index is 0.287. The Morgan fingerprint density at radius 2 is 2.10 bits per heavy atom. The first-order valence-corrected chi connectivity index (χ1v) is 7.11. The topological polar surface area (TPSA) is 42.7 Å². The number of rotatable bonds is 3. The van der Waals surface area contributed by atoms with Crippen molar-refractivity contribution in [3.8, 4) is 11.3 Å². The predicted molar refractivity (Wildman–Crippen MR) is 83.3 cm³/mol. The van der Waals surface area contributed by atoms with Crippen molar-refractivity contribution in [2.45, 2.75) is 12.5 Å². The summed E-state index contributed by atoms with van der Waals surface area (Å²) in [5.74, 6) is 0.948. The molecule has 104 valence electrons. The van der Waals surface area contributed by atoms with Crippen molar-refractivity contribution >= 4 is 5.82 Å². The van der Waals surface area contributed by atoms with E-state index in [1.807, 2.05) is 31.8 Å². The molecular formula is C17H16N4. The van der Waals surface area contributed by atoms with Gasteiger partial charge >= 0.3 is 0 Å². The highest BCUT2D eigenvalue weighted by molar-refractivity contribution is 5.69. The van der Waals surface area contributed by atoms with Gasteiger partial charge in [0.2, 0.25) is 0 Å². The van der Waals surface area contributed by atoms with Gasteiger partial charge in [-0.15, -0.1) is 0 Å². The van der Waals surface area contributed by atoms with Crippen molar-refractivity contribution in [3.05, 3.63) is 66.2 Å². The molecule has 2 aromatic heterocycles. The normalized spacial score (nSPS) is 15.6. The molecule has 0 fully saturated rings. The Kier molecular flexibility index (Phi) is 2.74. The molecule has 4 rings (SSSR count). The molecule has 1 atom stereocenters. The minimum atomic E-state index is 0.287. The Hall–Kier alpha value is -2.62. The number of aromatic nitrogens is 3. The number of imidazole rings is 1. The minimum Gasteiger partial charge on any atom is -0.373 e. The van der Waals surface area contributed by atoms with Crippen molar-refractivity contribution in [1.29, 1.82) is 0 Å². The van der Waals surface area contributed by atoms with Crippen LogP contribution in [0.15, 0.2) is 55.1 Å². The molecule has 0 aliphatic carbocycles. The number of anilines is 1. The lowest BCUT2D eigenvalue weighted by atomic mass is 9.98. The van der Waals surface area contributed by atoms with Crippen LogP contribution in [0.1, 0.15) is 17.2 Å². The van der Waals surface area contributed by atoms with Gasteiger partial charge in [-0.1, -0.05) is 30.3 Å². The van der Waals surface area contributed by atoms with E-state index in [1.54, 1.807) is 0 Å². The molecule has 3 aromatic rings. The molecular weight excluding hydrogens is 260 g/mol. The fourth-order valence-electron chi connectivity index (χ4n) is 3.18. The van der Waals surface area contributed by atoms with Crippen molar-refractivity contribution in [1.82, 2.24) is 14.5 Å². The molecule has 0 unspecified atom stereocenters. The van der Waals surface area contributed by atoms with Gasteiger partial charge in [-0.3, -0.25) is 0 Å². The van der Waals surface area contributed by atoms with Crippen LogP contribution in [0.4, 0.5) is 5.82 Å². The summed E-state index contributed by atoms with van der Waals surface area (Å²) in [5.41, 5.74) is 5.07. The van der Waals surface area contributed by atoms with Gasteiger partial charge in [0, 0.05) is 25.2 Å². The summed E-state index contributed by atoms with van der Waals surface area (Å²) in [4.78, 5) is 8.71. The second-order valence-electron chi connectivity index (χ2n) is 5.25. The maximum absolute atomic E-state index is 4.40. The third kappa shape index (κ3) is 1.83. The second kappa shape index (κ2) is 4.74. The van der Waals surface area contributed by atoms with Crippen LogP contribution in [0.5, 0.6) is 0 Å². The summed E-state index contributed by atoms with van der Waals surface area (Å²) in [5, 5.41) is 3.18. The first-order valence-electron chi connectivity index (χ1n) is 7.11. The molecule has 1 aliphatic rings. The van der Waals surface area contributed by atoms with E-state index in [-0.39, 0.29) is 6.04 Å². The van der Waals surface area contributed by atoms with Gasteiger partial charge in [0.1, 0.15) is 5.82 Å². The quantitative estimate of drug-likeness (QED) is 0.799. The highest BCUT2D eigenvalue weighted by Gasteiger charge is 2.28. The predicted octanol–water partition coefficient (Wildman–Crippen LogP) is 3.13. The average Bonchev–Trinajstić information content (AvgIpc) is 3.11. The Labute approximate surface area is 123 Å². The number of pyridine rings is 1. The van der Waals surface area contributed by atoms with Crippen LogP contribution in [0.3, 0.4) is 0 Å². The van der Waals surface area contributed by atoms with Crippen LogP contribution in [0.25, 0.3) is 11.3 Å². The molecule has 0 amide bonds. The molecule has 1 aliphatic heterocycles. The Morgan fingerprint density at radius 1 is 1.19 bits per heavy atom. The summed E-state index contributed by atoms with van der Waals surface area (Å²) >= 11 is 0. The number of benzene rings is 1. The SMILES string of the molecule is CNc1ncccc1C[C@H]1c2ccccc2-c2cncn21. The van der Waals surface area contributed by atoms with E-state index in [2.05, 4.69) is 50.2 Å². The smallest absolute Gasteiger partial charge is 0.128 e. The van der Waals surface area contributed by atoms with Gasteiger partial charge in [-0.05, 0) is 17.2 Å². The van der Waals surface area contributed by atoms with E-state index in [9.17, 15) is 0 Å². The molecule has 0 radical (unpaired) electrons. The maximum Gasteiger partial charge on any atom is 0.128 e. The van der Waals surface area contributed by atoms with Crippen molar-refractivity contribution < 1.29 is 0 Å². The fourth-order valence-corrected chi connectivity index (χ4v) is 3.18. The number of nitrogens with zero attached hydrogens (tertiary/aromatic N) is 3. The molecule has 1 aromatic carbocycles. The molecule has 0 spiro atoms. The number of hydrogen-bond donors (Lipinski definition) is 1. The third-order valence-corrected chi connectivity index (χ3v) is 4.14. The lowest BCUT2D eigenvalue weighted by Gasteiger charge is -2.16. The monoisotopic (exact) mass is 276 g/mol. The third-order valence-electron chi connectivity index (χ3n) is 4.14. The van der Waals surface area contributed by atoms with Gasteiger partial charge < -0.3 is 9.88 Å². The molecule has 21 heavy (non-hydrogen) atoms. The first-order chi connectivity index (χ1) is 10.4. The average molecular weight is 276 g/mol. The zero-order valence-electron chi connectivity index (χ0n) is 11.8. The summed E-state index contributed by atoms with van der Waals surface area (Å²) in [6, 6.07) is 13.0. The zero-order valence-corrected chi connectivity index (χ0v) is 11.8. The van der Waals surface area contributed by atoms with Crippen LogP contribution < -0.4 is 5.32 Å². The molecule has 3 heterocycles. The van der Waals surface area contributed by atoms with E-state index in [4.69, 9.17) is 0 Å². The summed E-state index contributed by atoms with van der Waals surface area (Å²) in [7, 11) is 1.91. The molecule has 1 N–H and O–H groups in total. The van der Waals surface area contributed by atoms with E-state index < -0.39 is 0 Å². The van der Waals surface area contributed by atoms with E-state index in [0.29, 0.717) is 0 Å². The van der Waals surface area contributed by atoms with Gasteiger partial charge in [-0.25, -0.2) is 9.97 Å². The van der Waals surface area contributed by atoms with Gasteiger partial charge in [0.25, 0.3) is 0 Å². The van der Waals surface area contributed by atoms with Gasteiger partial charge in [-0.2, -0.15) is 0 Å². The molecule has 4 heteroatoms. The largest absolute Gasteiger partial charge is 0.373 e. The maximum atomic E-state index is 4.40. The number of nitrogens with one attached hydrogen (secondary N) is 1. The number of hydrogen-bond acceptors (Lipinski definition) is 3. The molecule has 0 bridgehead atoms. The van der Waals surface area contributed by atoms with Crippen LogP contribution in [-0.2, 0) is 6.42 Å². The summed E-state index contributed by atoms with van der Waals surface area (Å²) in [6.07, 6.45) is 6.60. The van der Waals surface area contributed by atoms with Gasteiger partial charge in [0.15, 0.2) is 0 Å². The lowest BCUT2D eigenvalue weighted by molar-refractivity contribution is 0.608. The van der Waals surface area contributed by atoms with Crippen molar-refractivity contribution in [2.24, 2.45) is 0 Å². The molecule has 4 nitrogen and oxygen atoms in total. The van der Waals surface area contributed by atoms with E-state index in [1.165, 1.54) is 22.4 Å². The van der Waals surface area contributed by atoms with Crippen LogP contribution >= 0.6 is 0 Å². The van der Waals surface area contributed by atoms with Crippen LogP contribution in [0.2, 0.25) is 0 Å². The summed E-state index contributed by atoms with van der Waals surface area (Å²) in [6.45, 7) is 0. The van der Waals surface area contributed by atoms with Gasteiger partial charge in [0.05, 0.1) is 24.3 Å². The van der Waals surface area contributed by atoms with Crippen molar-refractivity contribution in [3.63, 3.8) is 0 Å². The lowest BCUT2D eigenvalue weighted by Crippen LogP contribution is -2.10. The van der Waals surface area contributed by atoms with E-state index in [0.717, 1.165) is 12.2 Å². The Morgan fingerprint density at radius 3 is 3.00 bits per heavy atom. The zero-order chi connectivity index (χ0) is 14.2. The van der Waals surface area contributed by atoms with Crippen LogP contribution in [-0.4, -0.2) is 21.6 Å². The number of fused-ring (bicyclic) bond motifs is 3. The fraction of sp³-hybridized carbons (Fsp3) is 0.176. The molecule has 0 saturated carbocycles. The van der Waals surface area contributed by atoms with Crippen molar-refractivity contribution in [2.75, 3.05) is 12.4 Å².